The predicted octanol–water partition coefficient (Wildman–Crippen LogP) is 3.02. The lowest BCUT2D eigenvalue weighted by Crippen LogP contribution is -2.52. The third-order valence-electron chi connectivity index (χ3n) is 3.26. The van der Waals surface area contributed by atoms with Gasteiger partial charge in [0.2, 0.25) is 0 Å². The second kappa shape index (κ2) is 6.11. The molecule has 0 aromatic heterocycles. The van der Waals surface area contributed by atoms with Gasteiger partial charge in [-0.25, -0.2) is 0 Å². The second-order valence-electron chi connectivity index (χ2n) is 4.91. The van der Waals surface area contributed by atoms with Crippen molar-refractivity contribution in [3.05, 3.63) is 35.9 Å². The number of rotatable bonds is 4. The van der Waals surface area contributed by atoms with Gasteiger partial charge in [-0.05, 0) is 18.4 Å². The first-order chi connectivity index (χ1) is 9.41. The SMILES string of the molecule is OC1(C(F)(F)F)CCCC(COCc2ccccc2)O1. The molecular formula is C14H17F3O3. The molecule has 1 aliphatic rings. The summed E-state index contributed by atoms with van der Waals surface area (Å²) in [6.07, 6.45) is -5.22. The lowest BCUT2D eigenvalue weighted by atomic mass is 10.0. The summed E-state index contributed by atoms with van der Waals surface area (Å²) in [6, 6.07) is 9.33. The maximum absolute atomic E-state index is 12.7. The van der Waals surface area contributed by atoms with E-state index in [1.807, 2.05) is 30.3 Å². The van der Waals surface area contributed by atoms with E-state index in [9.17, 15) is 18.3 Å². The van der Waals surface area contributed by atoms with Crippen molar-refractivity contribution in [2.24, 2.45) is 0 Å². The van der Waals surface area contributed by atoms with E-state index >= 15 is 0 Å². The Kier molecular flexibility index (Phi) is 4.67. The average Bonchev–Trinajstić information content (AvgIpc) is 2.39. The minimum atomic E-state index is -4.77. The van der Waals surface area contributed by atoms with Gasteiger partial charge < -0.3 is 14.6 Å². The van der Waals surface area contributed by atoms with E-state index in [0.29, 0.717) is 13.0 Å². The maximum Gasteiger partial charge on any atom is 0.443 e. The van der Waals surface area contributed by atoms with Crippen molar-refractivity contribution in [2.75, 3.05) is 6.61 Å². The molecule has 112 valence electrons. The number of benzene rings is 1. The van der Waals surface area contributed by atoms with Crippen molar-refractivity contribution in [2.45, 2.75) is 43.9 Å². The number of hydrogen-bond donors (Lipinski definition) is 1. The molecule has 2 rings (SSSR count). The number of alkyl halides is 3. The van der Waals surface area contributed by atoms with E-state index < -0.39 is 24.5 Å². The molecule has 0 saturated carbocycles. The van der Waals surface area contributed by atoms with E-state index in [4.69, 9.17) is 9.47 Å². The van der Waals surface area contributed by atoms with Gasteiger partial charge in [-0.3, -0.25) is 0 Å². The van der Waals surface area contributed by atoms with Crippen LogP contribution in [-0.2, 0) is 16.1 Å². The van der Waals surface area contributed by atoms with Crippen LogP contribution in [0.3, 0.4) is 0 Å². The smallest absolute Gasteiger partial charge is 0.374 e. The summed E-state index contributed by atoms with van der Waals surface area (Å²) in [5.74, 6) is -3.04. The maximum atomic E-state index is 12.7. The Morgan fingerprint density at radius 2 is 2.00 bits per heavy atom. The number of halogens is 3. The van der Waals surface area contributed by atoms with Gasteiger partial charge in [-0.15, -0.1) is 0 Å². The zero-order chi connectivity index (χ0) is 14.6. The molecule has 2 unspecified atom stereocenters. The highest BCUT2D eigenvalue weighted by Crippen LogP contribution is 2.39. The Morgan fingerprint density at radius 3 is 2.65 bits per heavy atom. The van der Waals surface area contributed by atoms with Crippen molar-refractivity contribution in [1.82, 2.24) is 0 Å². The highest BCUT2D eigenvalue weighted by Gasteiger charge is 2.57. The van der Waals surface area contributed by atoms with Crippen molar-refractivity contribution < 1.29 is 27.8 Å². The van der Waals surface area contributed by atoms with Crippen molar-refractivity contribution >= 4 is 0 Å². The van der Waals surface area contributed by atoms with Gasteiger partial charge in [-0.1, -0.05) is 30.3 Å². The molecule has 0 radical (unpaired) electrons. The van der Waals surface area contributed by atoms with Crippen molar-refractivity contribution in [3.8, 4) is 0 Å². The molecule has 1 saturated heterocycles. The van der Waals surface area contributed by atoms with Gasteiger partial charge in [0.25, 0.3) is 5.79 Å². The Labute approximate surface area is 115 Å². The normalized spacial score (nSPS) is 27.5. The molecular weight excluding hydrogens is 273 g/mol. The average molecular weight is 290 g/mol. The van der Waals surface area contributed by atoms with Gasteiger partial charge >= 0.3 is 6.18 Å². The van der Waals surface area contributed by atoms with Gasteiger partial charge in [-0.2, -0.15) is 13.2 Å². The lowest BCUT2D eigenvalue weighted by molar-refractivity contribution is -0.391. The minimum Gasteiger partial charge on any atom is -0.374 e. The molecule has 1 N–H and O–H groups in total. The third-order valence-corrected chi connectivity index (χ3v) is 3.26. The summed E-state index contributed by atoms with van der Waals surface area (Å²) in [5, 5.41) is 9.49. The van der Waals surface area contributed by atoms with Crippen molar-refractivity contribution in [1.29, 1.82) is 0 Å². The Hall–Kier alpha value is -1.11. The van der Waals surface area contributed by atoms with Crippen molar-refractivity contribution in [3.63, 3.8) is 0 Å². The molecule has 1 aromatic rings. The largest absolute Gasteiger partial charge is 0.443 e. The van der Waals surface area contributed by atoms with Crippen LogP contribution in [0.5, 0.6) is 0 Å². The topological polar surface area (TPSA) is 38.7 Å². The highest BCUT2D eigenvalue weighted by atomic mass is 19.4. The van der Waals surface area contributed by atoms with Crippen LogP contribution in [0.25, 0.3) is 0 Å². The molecule has 3 nitrogen and oxygen atoms in total. The van der Waals surface area contributed by atoms with Crippen LogP contribution in [0, 0.1) is 0 Å². The minimum absolute atomic E-state index is 0.0350. The fourth-order valence-corrected chi connectivity index (χ4v) is 2.17. The fourth-order valence-electron chi connectivity index (χ4n) is 2.17. The Balaban J connectivity index is 1.82. The molecule has 0 amide bonds. The lowest BCUT2D eigenvalue weighted by Gasteiger charge is -2.37. The Morgan fingerprint density at radius 1 is 1.30 bits per heavy atom. The standard InChI is InChI=1S/C14H17F3O3/c15-14(16,17)13(18)8-4-7-12(20-13)10-19-9-11-5-2-1-3-6-11/h1-3,5-6,12,18H,4,7-10H2. The summed E-state index contributed by atoms with van der Waals surface area (Å²) in [4.78, 5) is 0. The summed E-state index contributed by atoms with van der Waals surface area (Å²) >= 11 is 0. The molecule has 1 fully saturated rings. The molecule has 20 heavy (non-hydrogen) atoms. The van der Waals surface area contributed by atoms with Crippen LogP contribution in [0.15, 0.2) is 30.3 Å². The van der Waals surface area contributed by atoms with E-state index in [1.165, 1.54) is 0 Å². The molecule has 1 heterocycles. The molecule has 0 aliphatic carbocycles. The molecule has 1 aromatic carbocycles. The van der Waals surface area contributed by atoms with Crippen LogP contribution in [-0.4, -0.2) is 29.8 Å². The van der Waals surface area contributed by atoms with E-state index in [1.54, 1.807) is 0 Å². The first-order valence-electron chi connectivity index (χ1n) is 6.49. The Bertz CT molecular complexity index is 421. The van der Waals surface area contributed by atoms with Gasteiger partial charge in [0.15, 0.2) is 0 Å². The summed E-state index contributed by atoms with van der Waals surface area (Å²) in [6.45, 7) is 0.346. The zero-order valence-corrected chi connectivity index (χ0v) is 10.9. The third kappa shape index (κ3) is 3.71. The first kappa shape index (κ1) is 15.3. The summed E-state index contributed by atoms with van der Waals surface area (Å²) in [5.41, 5.74) is 0.939. The van der Waals surface area contributed by atoms with Gasteiger partial charge in [0.1, 0.15) is 0 Å². The van der Waals surface area contributed by atoms with Gasteiger partial charge in [0, 0.05) is 6.42 Å². The number of aliphatic hydroxyl groups is 1. The quantitative estimate of drug-likeness (QED) is 0.926. The van der Waals surface area contributed by atoms with Crippen LogP contribution in [0.4, 0.5) is 13.2 Å². The van der Waals surface area contributed by atoms with E-state index in [0.717, 1.165) is 5.56 Å². The van der Waals surface area contributed by atoms with E-state index in [2.05, 4.69) is 0 Å². The monoisotopic (exact) mass is 290 g/mol. The second-order valence-corrected chi connectivity index (χ2v) is 4.91. The fraction of sp³-hybridized carbons (Fsp3) is 0.571. The molecule has 6 heteroatoms. The molecule has 0 spiro atoms. The number of ether oxygens (including phenoxy) is 2. The van der Waals surface area contributed by atoms with Gasteiger partial charge in [0.05, 0.1) is 19.3 Å². The van der Waals surface area contributed by atoms with E-state index in [-0.39, 0.29) is 13.0 Å². The highest BCUT2D eigenvalue weighted by molar-refractivity contribution is 5.13. The zero-order valence-electron chi connectivity index (χ0n) is 10.9. The molecule has 1 aliphatic heterocycles. The molecule has 0 bridgehead atoms. The summed E-state index contributed by atoms with van der Waals surface area (Å²) in [7, 11) is 0. The number of hydrogen-bond acceptors (Lipinski definition) is 3. The summed E-state index contributed by atoms with van der Waals surface area (Å²) < 4.78 is 48.2. The van der Waals surface area contributed by atoms with Crippen LogP contribution in [0.2, 0.25) is 0 Å². The molecule has 2 atom stereocenters. The van der Waals surface area contributed by atoms with Crippen LogP contribution in [0.1, 0.15) is 24.8 Å². The van der Waals surface area contributed by atoms with Crippen LogP contribution < -0.4 is 0 Å². The predicted molar refractivity (Wildman–Crippen MR) is 65.8 cm³/mol. The van der Waals surface area contributed by atoms with Crippen LogP contribution >= 0.6 is 0 Å². The first-order valence-corrected chi connectivity index (χ1v) is 6.49.